The van der Waals surface area contributed by atoms with Crippen LogP contribution in [-0.2, 0) is 6.42 Å². The molecule has 2 unspecified atom stereocenters. The average Bonchev–Trinajstić information content (AvgIpc) is 2.88. The van der Waals surface area contributed by atoms with Crippen LogP contribution < -0.4 is 5.32 Å². The van der Waals surface area contributed by atoms with Crippen molar-refractivity contribution in [2.75, 3.05) is 0 Å². The van der Waals surface area contributed by atoms with Gasteiger partial charge in [0.25, 0.3) is 0 Å². The molecule has 3 heteroatoms. The van der Waals surface area contributed by atoms with Crippen molar-refractivity contribution in [1.82, 2.24) is 5.32 Å². The minimum absolute atomic E-state index is 0.140. The van der Waals surface area contributed by atoms with Crippen LogP contribution in [0.15, 0.2) is 42.5 Å². The van der Waals surface area contributed by atoms with E-state index < -0.39 is 0 Å². The third kappa shape index (κ3) is 3.12. The molecule has 0 saturated heterocycles. The van der Waals surface area contributed by atoms with Gasteiger partial charge in [-0.15, -0.1) is 0 Å². The van der Waals surface area contributed by atoms with Crippen molar-refractivity contribution in [1.29, 1.82) is 0 Å². The maximum Gasteiger partial charge on any atom is 0.123 e. The Morgan fingerprint density at radius 2 is 2.00 bits per heavy atom. The molecule has 3 rings (SSSR count). The monoisotopic (exact) mass is 303 g/mol. The van der Waals surface area contributed by atoms with Gasteiger partial charge in [0.2, 0.25) is 0 Å². The molecule has 0 saturated carbocycles. The van der Waals surface area contributed by atoms with E-state index in [9.17, 15) is 4.39 Å². The number of halogens is 2. The van der Waals surface area contributed by atoms with Crippen molar-refractivity contribution in [3.05, 3.63) is 70.0 Å². The first-order valence-electron chi connectivity index (χ1n) is 7.47. The fraction of sp³-hybridized carbons (Fsp3) is 0.333. The SMILES string of the molecule is CCC(NC1CCc2cc(F)ccc21)c1ccc(Cl)cc1. The first-order chi connectivity index (χ1) is 10.2. The van der Waals surface area contributed by atoms with Gasteiger partial charge in [-0.25, -0.2) is 4.39 Å². The minimum Gasteiger partial charge on any atom is -0.303 e. The molecule has 0 fully saturated rings. The van der Waals surface area contributed by atoms with E-state index in [4.69, 9.17) is 11.6 Å². The van der Waals surface area contributed by atoms with E-state index in [1.165, 1.54) is 11.1 Å². The smallest absolute Gasteiger partial charge is 0.123 e. The van der Waals surface area contributed by atoms with Crippen LogP contribution in [0.1, 0.15) is 48.5 Å². The van der Waals surface area contributed by atoms with Crippen LogP contribution in [-0.4, -0.2) is 0 Å². The van der Waals surface area contributed by atoms with Gasteiger partial charge >= 0.3 is 0 Å². The molecular weight excluding hydrogens is 285 g/mol. The van der Waals surface area contributed by atoms with E-state index in [0.29, 0.717) is 12.1 Å². The average molecular weight is 304 g/mol. The molecule has 0 heterocycles. The van der Waals surface area contributed by atoms with Gasteiger partial charge in [0.05, 0.1) is 0 Å². The molecule has 0 spiro atoms. The van der Waals surface area contributed by atoms with Gasteiger partial charge < -0.3 is 5.32 Å². The number of hydrogen-bond donors (Lipinski definition) is 1. The molecule has 1 N–H and O–H groups in total. The number of benzene rings is 2. The lowest BCUT2D eigenvalue weighted by atomic mass is 10.0. The maximum absolute atomic E-state index is 13.3. The van der Waals surface area contributed by atoms with Crippen molar-refractivity contribution >= 4 is 11.6 Å². The van der Waals surface area contributed by atoms with Gasteiger partial charge in [0, 0.05) is 17.1 Å². The Bertz CT molecular complexity index is 624. The van der Waals surface area contributed by atoms with E-state index in [2.05, 4.69) is 24.4 Å². The van der Waals surface area contributed by atoms with Gasteiger partial charge in [-0.2, -0.15) is 0 Å². The zero-order chi connectivity index (χ0) is 14.8. The van der Waals surface area contributed by atoms with Crippen LogP contribution >= 0.6 is 11.6 Å². The molecule has 2 aromatic carbocycles. The summed E-state index contributed by atoms with van der Waals surface area (Å²) in [5, 5.41) is 4.47. The predicted molar refractivity (Wildman–Crippen MR) is 85.1 cm³/mol. The van der Waals surface area contributed by atoms with Gasteiger partial charge in [0.15, 0.2) is 0 Å². The number of rotatable bonds is 4. The second-order valence-electron chi connectivity index (χ2n) is 5.61. The Morgan fingerprint density at radius 3 is 2.71 bits per heavy atom. The Hall–Kier alpha value is -1.38. The van der Waals surface area contributed by atoms with Crippen LogP contribution in [0.4, 0.5) is 4.39 Å². The minimum atomic E-state index is -0.140. The molecule has 2 aromatic rings. The van der Waals surface area contributed by atoms with Crippen LogP contribution in [0.5, 0.6) is 0 Å². The van der Waals surface area contributed by atoms with Gasteiger partial charge in [0.1, 0.15) is 5.82 Å². The molecule has 0 aliphatic heterocycles. The highest BCUT2D eigenvalue weighted by Gasteiger charge is 2.25. The normalized spacial score (nSPS) is 18.5. The number of fused-ring (bicyclic) bond motifs is 1. The molecular formula is C18H19ClFN. The Labute approximate surface area is 130 Å². The Kier molecular flexibility index (Phi) is 4.27. The third-order valence-corrected chi connectivity index (χ3v) is 4.52. The van der Waals surface area contributed by atoms with Crippen molar-refractivity contribution in [3.63, 3.8) is 0 Å². The summed E-state index contributed by atoms with van der Waals surface area (Å²) in [7, 11) is 0. The lowest BCUT2D eigenvalue weighted by molar-refractivity contribution is 0.433. The number of nitrogens with one attached hydrogen (secondary N) is 1. The summed E-state index contributed by atoms with van der Waals surface area (Å²) >= 11 is 5.96. The molecule has 0 amide bonds. The lowest BCUT2D eigenvalue weighted by Crippen LogP contribution is -2.24. The summed E-state index contributed by atoms with van der Waals surface area (Å²) in [6.07, 6.45) is 2.99. The lowest BCUT2D eigenvalue weighted by Gasteiger charge is -2.23. The highest BCUT2D eigenvalue weighted by molar-refractivity contribution is 6.30. The molecule has 0 radical (unpaired) electrons. The van der Waals surface area contributed by atoms with Crippen LogP contribution in [0.25, 0.3) is 0 Å². The summed E-state index contributed by atoms with van der Waals surface area (Å²) in [6, 6.07) is 13.8. The summed E-state index contributed by atoms with van der Waals surface area (Å²) in [6.45, 7) is 2.17. The summed E-state index contributed by atoms with van der Waals surface area (Å²) in [5.41, 5.74) is 3.62. The maximum atomic E-state index is 13.3. The Morgan fingerprint density at radius 1 is 1.24 bits per heavy atom. The first kappa shape index (κ1) is 14.6. The van der Waals surface area contributed by atoms with Crippen LogP contribution in [0.3, 0.4) is 0 Å². The topological polar surface area (TPSA) is 12.0 Å². The first-order valence-corrected chi connectivity index (χ1v) is 7.85. The van der Waals surface area contributed by atoms with E-state index in [-0.39, 0.29) is 5.82 Å². The fourth-order valence-corrected chi connectivity index (χ4v) is 3.27. The van der Waals surface area contributed by atoms with Gasteiger partial charge in [-0.1, -0.05) is 36.7 Å². The van der Waals surface area contributed by atoms with Crippen molar-refractivity contribution in [2.24, 2.45) is 0 Å². The van der Waals surface area contributed by atoms with Gasteiger partial charge in [-0.05, 0) is 60.2 Å². The molecule has 1 aliphatic carbocycles. The van der Waals surface area contributed by atoms with E-state index in [1.54, 1.807) is 12.1 Å². The quantitative estimate of drug-likeness (QED) is 0.818. The highest BCUT2D eigenvalue weighted by Crippen LogP contribution is 2.34. The van der Waals surface area contributed by atoms with Crippen LogP contribution in [0, 0.1) is 5.82 Å². The summed E-state index contributed by atoms with van der Waals surface area (Å²) < 4.78 is 13.3. The Balaban J connectivity index is 1.78. The molecule has 0 aromatic heterocycles. The molecule has 0 bridgehead atoms. The zero-order valence-electron chi connectivity index (χ0n) is 12.1. The zero-order valence-corrected chi connectivity index (χ0v) is 12.8. The van der Waals surface area contributed by atoms with Gasteiger partial charge in [-0.3, -0.25) is 0 Å². The summed E-state index contributed by atoms with van der Waals surface area (Å²) in [4.78, 5) is 0. The second kappa shape index (κ2) is 6.17. The predicted octanol–water partition coefficient (Wildman–Crippen LogP) is 5.21. The fourth-order valence-electron chi connectivity index (χ4n) is 3.15. The molecule has 110 valence electrons. The van der Waals surface area contributed by atoms with E-state index >= 15 is 0 Å². The third-order valence-electron chi connectivity index (χ3n) is 4.27. The molecule has 1 nitrogen and oxygen atoms in total. The number of hydrogen-bond acceptors (Lipinski definition) is 1. The van der Waals surface area contributed by atoms with Crippen molar-refractivity contribution < 1.29 is 4.39 Å². The van der Waals surface area contributed by atoms with Crippen LogP contribution in [0.2, 0.25) is 5.02 Å². The van der Waals surface area contributed by atoms with E-state index in [0.717, 1.165) is 29.8 Å². The van der Waals surface area contributed by atoms with Crippen molar-refractivity contribution in [2.45, 2.75) is 38.3 Å². The van der Waals surface area contributed by atoms with E-state index in [1.807, 2.05) is 18.2 Å². The second-order valence-corrected chi connectivity index (χ2v) is 6.05. The van der Waals surface area contributed by atoms with Crippen molar-refractivity contribution in [3.8, 4) is 0 Å². The standard InChI is InChI=1S/C18H19ClFN/c1-2-17(12-3-6-14(19)7-4-12)21-18-10-5-13-11-15(20)8-9-16(13)18/h3-4,6-9,11,17-18,21H,2,5,10H2,1H3. The largest absolute Gasteiger partial charge is 0.303 e. The highest BCUT2D eigenvalue weighted by atomic mass is 35.5. The summed E-state index contributed by atoms with van der Waals surface area (Å²) in [5.74, 6) is -0.140. The number of aryl methyl sites for hydroxylation is 1. The molecule has 1 aliphatic rings. The molecule has 2 atom stereocenters. The molecule has 21 heavy (non-hydrogen) atoms.